The third kappa shape index (κ3) is 3.04. The second-order valence-electron chi connectivity index (χ2n) is 6.64. The number of phenolic OH excluding ortho intramolecular Hbond substituents is 1. The zero-order valence-corrected chi connectivity index (χ0v) is 13.2. The van der Waals surface area contributed by atoms with E-state index in [2.05, 4.69) is 17.1 Å². The number of nitrogens with one attached hydrogen (secondary N) is 1. The SMILES string of the molecule is CC1(C(=O)N2CCN(c3ccc(O)cc3)CC2)CCCNC1. The minimum absolute atomic E-state index is 0.237. The highest BCUT2D eigenvalue weighted by atomic mass is 16.3. The van der Waals surface area contributed by atoms with Crippen LogP contribution in [0.5, 0.6) is 5.75 Å². The second-order valence-corrected chi connectivity index (χ2v) is 6.64. The molecule has 3 rings (SSSR count). The monoisotopic (exact) mass is 303 g/mol. The lowest BCUT2D eigenvalue weighted by Gasteiger charge is -2.42. The number of piperazine rings is 1. The molecule has 22 heavy (non-hydrogen) atoms. The minimum Gasteiger partial charge on any atom is -0.508 e. The van der Waals surface area contributed by atoms with Gasteiger partial charge >= 0.3 is 0 Å². The molecule has 0 spiro atoms. The molecule has 2 fully saturated rings. The van der Waals surface area contributed by atoms with Crippen LogP contribution in [0.15, 0.2) is 24.3 Å². The van der Waals surface area contributed by atoms with Crippen molar-refractivity contribution in [2.45, 2.75) is 19.8 Å². The molecule has 5 heteroatoms. The molecule has 0 bridgehead atoms. The van der Waals surface area contributed by atoms with E-state index in [9.17, 15) is 9.90 Å². The van der Waals surface area contributed by atoms with Crippen LogP contribution in [-0.2, 0) is 4.79 Å². The molecular weight excluding hydrogens is 278 g/mol. The Morgan fingerprint density at radius 1 is 1.18 bits per heavy atom. The fourth-order valence-electron chi connectivity index (χ4n) is 3.45. The van der Waals surface area contributed by atoms with Gasteiger partial charge in [-0.15, -0.1) is 0 Å². The maximum atomic E-state index is 12.8. The van der Waals surface area contributed by atoms with Crippen LogP contribution in [0.2, 0.25) is 0 Å². The number of aromatic hydroxyl groups is 1. The minimum atomic E-state index is -0.237. The lowest BCUT2D eigenvalue weighted by molar-refractivity contribution is -0.142. The number of nitrogens with zero attached hydrogens (tertiary/aromatic N) is 2. The Labute approximate surface area is 131 Å². The van der Waals surface area contributed by atoms with Crippen LogP contribution in [0.4, 0.5) is 5.69 Å². The summed E-state index contributed by atoms with van der Waals surface area (Å²) in [5.41, 5.74) is 0.870. The molecule has 1 amide bonds. The van der Waals surface area contributed by atoms with Crippen LogP contribution in [0.25, 0.3) is 0 Å². The first-order valence-electron chi connectivity index (χ1n) is 8.13. The highest BCUT2D eigenvalue weighted by Crippen LogP contribution is 2.29. The lowest BCUT2D eigenvalue weighted by Crippen LogP contribution is -2.55. The van der Waals surface area contributed by atoms with Gasteiger partial charge < -0.3 is 20.2 Å². The molecular formula is C17H25N3O2. The Kier molecular flexibility index (Phi) is 4.25. The van der Waals surface area contributed by atoms with Crippen LogP contribution in [0.3, 0.4) is 0 Å². The van der Waals surface area contributed by atoms with E-state index in [0.29, 0.717) is 5.91 Å². The van der Waals surface area contributed by atoms with E-state index in [4.69, 9.17) is 0 Å². The molecule has 0 aliphatic carbocycles. The topological polar surface area (TPSA) is 55.8 Å². The Morgan fingerprint density at radius 2 is 1.86 bits per heavy atom. The predicted molar refractivity (Wildman–Crippen MR) is 87.1 cm³/mol. The second kappa shape index (κ2) is 6.16. The first-order chi connectivity index (χ1) is 10.6. The molecule has 1 atom stereocenters. The summed E-state index contributed by atoms with van der Waals surface area (Å²) in [4.78, 5) is 17.1. The van der Waals surface area contributed by atoms with E-state index in [1.165, 1.54) is 0 Å². The normalized spacial score (nSPS) is 26.0. The van der Waals surface area contributed by atoms with Gasteiger partial charge in [0.05, 0.1) is 5.41 Å². The van der Waals surface area contributed by atoms with E-state index < -0.39 is 0 Å². The summed E-state index contributed by atoms with van der Waals surface area (Å²) in [5, 5.41) is 12.7. The van der Waals surface area contributed by atoms with Crippen molar-refractivity contribution < 1.29 is 9.90 Å². The molecule has 1 unspecified atom stereocenters. The fraction of sp³-hybridized carbons (Fsp3) is 0.588. The van der Waals surface area contributed by atoms with E-state index >= 15 is 0 Å². The summed E-state index contributed by atoms with van der Waals surface area (Å²) in [6, 6.07) is 7.28. The maximum absolute atomic E-state index is 12.8. The van der Waals surface area contributed by atoms with Gasteiger partial charge in [-0.2, -0.15) is 0 Å². The third-order valence-corrected chi connectivity index (χ3v) is 4.90. The zero-order valence-electron chi connectivity index (χ0n) is 13.2. The number of hydrogen-bond acceptors (Lipinski definition) is 4. The molecule has 2 heterocycles. The van der Waals surface area contributed by atoms with Gasteiger partial charge in [-0.3, -0.25) is 4.79 Å². The Bertz CT molecular complexity index is 515. The van der Waals surface area contributed by atoms with Gasteiger partial charge in [-0.05, 0) is 50.6 Å². The molecule has 2 aliphatic rings. The number of hydrogen-bond donors (Lipinski definition) is 2. The largest absolute Gasteiger partial charge is 0.508 e. The van der Waals surface area contributed by atoms with Crippen LogP contribution < -0.4 is 10.2 Å². The van der Waals surface area contributed by atoms with Gasteiger partial charge in [0.2, 0.25) is 5.91 Å². The number of carbonyl (C=O) groups excluding carboxylic acids is 1. The molecule has 0 radical (unpaired) electrons. The van der Waals surface area contributed by atoms with Crippen molar-refractivity contribution in [3.63, 3.8) is 0 Å². The first kappa shape index (κ1) is 15.2. The summed E-state index contributed by atoms with van der Waals surface area (Å²) in [6.45, 7) is 7.15. The Balaban J connectivity index is 1.59. The molecule has 120 valence electrons. The fourth-order valence-corrected chi connectivity index (χ4v) is 3.45. The molecule has 2 saturated heterocycles. The molecule has 0 saturated carbocycles. The summed E-state index contributed by atoms with van der Waals surface area (Å²) in [5.74, 6) is 0.584. The predicted octanol–water partition coefficient (Wildman–Crippen LogP) is 1.43. The highest BCUT2D eigenvalue weighted by molar-refractivity contribution is 5.83. The number of amides is 1. The van der Waals surface area contributed by atoms with Crippen LogP contribution in [-0.4, -0.2) is 55.2 Å². The lowest BCUT2D eigenvalue weighted by atomic mass is 9.81. The van der Waals surface area contributed by atoms with Gasteiger partial charge in [0.1, 0.15) is 5.75 Å². The zero-order chi connectivity index (χ0) is 15.6. The van der Waals surface area contributed by atoms with Gasteiger partial charge in [0.25, 0.3) is 0 Å². The van der Waals surface area contributed by atoms with Crippen molar-refractivity contribution in [3.8, 4) is 5.75 Å². The van der Waals surface area contributed by atoms with Gasteiger partial charge in [0, 0.05) is 38.4 Å². The average molecular weight is 303 g/mol. The summed E-state index contributed by atoms with van der Waals surface area (Å²) in [7, 11) is 0. The van der Waals surface area contributed by atoms with Crippen LogP contribution in [0, 0.1) is 5.41 Å². The number of carbonyl (C=O) groups is 1. The van der Waals surface area contributed by atoms with Crippen molar-refractivity contribution in [1.82, 2.24) is 10.2 Å². The van der Waals surface area contributed by atoms with Crippen molar-refractivity contribution in [3.05, 3.63) is 24.3 Å². The molecule has 2 N–H and O–H groups in total. The van der Waals surface area contributed by atoms with Gasteiger partial charge in [-0.25, -0.2) is 0 Å². The first-order valence-corrected chi connectivity index (χ1v) is 8.13. The van der Waals surface area contributed by atoms with Crippen LogP contribution >= 0.6 is 0 Å². The number of phenols is 1. The summed E-state index contributed by atoms with van der Waals surface area (Å²) in [6.07, 6.45) is 2.06. The van der Waals surface area contributed by atoms with E-state index in [1.54, 1.807) is 12.1 Å². The Hall–Kier alpha value is -1.75. The van der Waals surface area contributed by atoms with Crippen molar-refractivity contribution in [1.29, 1.82) is 0 Å². The van der Waals surface area contributed by atoms with E-state index in [1.807, 2.05) is 17.0 Å². The number of rotatable bonds is 2. The molecule has 0 aromatic heterocycles. The standard InChI is InChI=1S/C17H25N3O2/c1-17(7-2-8-18-13-17)16(22)20-11-9-19(10-12-20)14-3-5-15(21)6-4-14/h3-6,18,21H,2,7-13H2,1H3. The highest BCUT2D eigenvalue weighted by Gasteiger charge is 2.38. The number of anilines is 1. The maximum Gasteiger partial charge on any atom is 0.229 e. The molecule has 1 aromatic carbocycles. The number of benzene rings is 1. The van der Waals surface area contributed by atoms with Crippen LogP contribution in [0.1, 0.15) is 19.8 Å². The van der Waals surface area contributed by atoms with Crippen molar-refractivity contribution >= 4 is 11.6 Å². The van der Waals surface area contributed by atoms with E-state index in [-0.39, 0.29) is 11.2 Å². The smallest absolute Gasteiger partial charge is 0.229 e. The Morgan fingerprint density at radius 3 is 2.45 bits per heavy atom. The molecule has 2 aliphatic heterocycles. The number of piperidine rings is 1. The van der Waals surface area contributed by atoms with Gasteiger partial charge in [0.15, 0.2) is 0 Å². The van der Waals surface area contributed by atoms with Crippen molar-refractivity contribution in [2.75, 3.05) is 44.2 Å². The van der Waals surface area contributed by atoms with E-state index in [0.717, 1.165) is 57.8 Å². The van der Waals surface area contributed by atoms with Gasteiger partial charge in [-0.1, -0.05) is 0 Å². The third-order valence-electron chi connectivity index (χ3n) is 4.90. The molecule has 5 nitrogen and oxygen atoms in total. The quantitative estimate of drug-likeness (QED) is 0.868. The summed E-state index contributed by atoms with van der Waals surface area (Å²) >= 11 is 0. The van der Waals surface area contributed by atoms with Crippen molar-refractivity contribution in [2.24, 2.45) is 5.41 Å². The summed E-state index contributed by atoms with van der Waals surface area (Å²) < 4.78 is 0. The average Bonchev–Trinajstić information content (AvgIpc) is 2.56. The molecule has 1 aromatic rings.